The number of halogens is 3. The fourth-order valence-corrected chi connectivity index (χ4v) is 1.77. The maximum absolute atomic E-state index is 12.4. The predicted octanol–water partition coefficient (Wildman–Crippen LogP) is 2.86. The Morgan fingerprint density at radius 3 is 2.36 bits per heavy atom. The predicted molar refractivity (Wildman–Crippen MR) is 70.8 cm³/mol. The first-order valence-corrected chi connectivity index (χ1v) is 6.04. The molecule has 1 heterocycles. The summed E-state index contributed by atoms with van der Waals surface area (Å²) in [5.74, 6) is 0. The molecule has 0 aliphatic carbocycles. The highest BCUT2D eigenvalue weighted by Gasteiger charge is 2.29. The van der Waals surface area contributed by atoms with Gasteiger partial charge in [-0.1, -0.05) is 12.1 Å². The summed E-state index contributed by atoms with van der Waals surface area (Å²) in [6.07, 6.45) is -2.44. The van der Waals surface area contributed by atoms with Gasteiger partial charge < -0.3 is 10.5 Å². The van der Waals surface area contributed by atoms with Gasteiger partial charge in [0, 0.05) is 6.54 Å². The minimum atomic E-state index is -4.42. The third kappa shape index (κ3) is 3.62. The van der Waals surface area contributed by atoms with Gasteiger partial charge in [-0.25, -0.2) is 0 Å². The number of nitro groups is 1. The summed E-state index contributed by atoms with van der Waals surface area (Å²) in [6.45, 7) is 0.0446. The first-order valence-electron chi connectivity index (χ1n) is 6.04. The van der Waals surface area contributed by atoms with Crippen LogP contribution >= 0.6 is 0 Å². The zero-order valence-electron chi connectivity index (χ0n) is 11.0. The van der Waals surface area contributed by atoms with Crippen LogP contribution in [0.1, 0.15) is 11.1 Å². The van der Waals surface area contributed by atoms with E-state index in [-0.39, 0.29) is 17.9 Å². The molecule has 0 radical (unpaired) electrons. The van der Waals surface area contributed by atoms with Crippen molar-refractivity contribution in [3.8, 4) is 0 Å². The number of aromatic nitrogens is 1. The van der Waals surface area contributed by atoms with Gasteiger partial charge in [0.05, 0.1) is 16.6 Å². The van der Waals surface area contributed by atoms with E-state index in [1.165, 1.54) is 12.1 Å². The molecule has 0 saturated heterocycles. The molecule has 1 aromatic heterocycles. The van der Waals surface area contributed by atoms with E-state index in [1.54, 1.807) is 0 Å². The molecule has 116 valence electrons. The van der Waals surface area contributed by atoms with Gasteiger partial charge >= 0.3 is 11.9 Å². The molecular formula is C13H10F3N3O3. The molecule has 0 fully saturated rings. The summed E-state index contributed by atoms with van der Waals surface area (Å²) in [7, 11) is 0. The summed E-state index contributed by atoms with van der Waals surface area (Å²) >= 11 is 0. The number of anilines is 1. The quantitative estimate of drug-likeness (QED) is 0.407. The molecular weight excluding hydrogens is 303 g/mol. The Morgan fingerprint density at radius 1 is 1.18 bits per heavy atom. The highest BCUT2D eigenvalue weighted by molar-refractivity contribution is 5.58. The standard InChI is InChI=1S/C13H10F3N3O3/c14-13(15,16)10-3-1-9(2-4-10)7-17-11-8-18(20)6-5-12(11)19(21)22/h1-6,8,17H,7H2. The minimum absolute atomic E-state index is 0.0117. The van der Waals surface area contributed by atoms with Crippen LogP contribution in [0.15, 0.2) is 42.7 Å². The number of alkyl halides is 3. The number of hydrogen-bond donors (Lipinski definition) is 1. The van der Waals surface area contributed by atoms with Crippen molar-refractivity contribution in [3.05, 3.63) is 69.2 Å². The van der Waals surface area contributed by atoms with Crippen LogP contribution in [-0.2, 0) is 12.7 Å². The molecule has 1 aromatic carbocycles. The van der Waals surface area contributed by atoms with E-state index in [9.17, 15) is 28.5 Å². The Kier molecular flexibility index (Phi) is 4.15. The zero-order valence-corrected chi connectivity index (χ0v) is 11.0. The molecule has 0 aliphatic heterocycles. The third-order valence-electron chi connectivity index (χ3n) is 2.87. The fourth-order valence-electron chi connectivity index (χ4n) is 1.77. The number of hydrogen-bond acceptors (Lipinski definition) is 4. The highest BCUT2D eigenvalue weighted by atomic mass is 19.4. The summed E-state index contributed by atoms with van der Waals surface area (Å²) in [5, 5.41) is 24.7. The Bertz CT molecular complexity index is 687. The largest absolute Gasteiger partial charge is 0.619 e. The molecule has 0 unspecified atom stereocenters. The molecule has 6 nitrogen and oxygen atoms in total. The van der Waals surface area contributed by atoms with E-state index in [4.69, 9.17) is 0 Å². The molecule has 0 bridgehead atoms. The van der Waals surface area contributed by atoms with Crippen molar-refractivity contribution in [2.75, 3.05) is 5.32 Å². The highest BCUT2D eigenvalue weighted by Crippen LogP contribution is 2.29. The molecule has 0 atom stereocenters. The summed E-state index contributed by atoms with van der Waals surface area (Å²) < 4.78 is 37.7. The van der Waals surface area contributed by atoms with Crippen LogP contribution < -0.4 is 10.0 Å². The van der Waals surface area contributed by atoms with Crippen molar-refractivity contribution in [3.63, 3.8) is 0 Å². The fraction of sp³-hybridized carbons (Fsp3) is 0.154. The second-order valence-corrected chi connectivity index (χ2v) is 4.41. The molecule has 0 amide bonds. The lowest BCUT2D eigenvalue weighted by molar-refractivity contribution is -0.605. The number of benzene rings is 1. The van der Waals surface area contributed by atoms with E-state index in [0.717, 1.165) is 30.6 Å². The molecule has 0 aliphatic rings. The van der Waals surface area contributed by atoms with Gasteiger partial charge in [0.15, 0.2) is 11.9 Å². The van der Waals surface area contributed by atoms with E-state index < -0.39 is 16.7 Å². The molecule has 0 saturated carbocycles. The number of nitrogens with zero attached hydrogens (tertiary/aromatic N) is 2. The second kappa shape index (κ2) is 5.88. The lowest BCUT2D eigenvalue weighted by Crippen LogP contribution is -2.25. The Morgan fingerprint density at radius 2 is 1.82 bits per heavy atom. The van der Waals surface area contributed by atoms with Gasteiger partial charge in [-0.15, -0.1) is 0 Å². The molecule has 9 heteroatoms. The average Bonchev–Trinajstić information content (AvgIpc) is 2.44. The van der Waals surface area contributed by atoms with Gasteiger partial charge in [-0.2, -0.15) is 17.9 Å². The molecule has 2 aromatic rings. The van der Waals surface area contributed by atoms with Gasteiger partial charge in [0.2, 0.25) is 6.20 Å². The van der Waals surface area contributed by atoms with Crippen molar-refractivity contribution < 1.29 is 22.8 Å². The van der Waals surface area contributed by atoms with Crippen molar-refractivity contribution in [1.82, 2.24) is 0 Å². The molecule has 1 N–H and O–H groups in total. The SMILES string of the molecule is O=[N+]([O-])c1cc[n+]([O-])cc1NCc1ccc(C(F)(F)F)cc1. The van der Waals surface area contributed by atoms with Crippen molar-refractivity contribution in [2.24, 2.45) is 0 Å². The van der Waals surface area contributed by atoms with Gasteiger partial charge in [0.25, 0.3) is 0 Å². The van der Waals surface area contributed by atoms with Crippen LogP contribution in [-0.4, -0.2) is 4.92 Å². The van der Waals surface area contributed by atoms with Crippen molar-refractivity contribution in [1.29, 1.82) is 0 Å². The van der Waals surface area contributed by atoms with Crippen LogP contribution in [0.25, 0.3) is 0 Å². The van der Waals surface area contributed by atoms with Crippen LogP contribution in [0.4, 0.5) is 24.5 Å². The van der Waals surface area contributed by atoms with E-state index >= 15 is 0 Å². The number of pyridine rings is 1. The zero-order chi connectivity index (χ0) is 16.3. The van der Waals surface area contributed by atoms with Crippen LogP contribution in [0.3, 0.4) is 0 Å². The smallest absolute Gasteiger partial charge is 0.416 e. The first-order chi connectivity index (χ1) is 10.3. The Balaban J connectivity index is 2.13. The number of rotatable bonds is 4. The van der Waals surface area contributed by atoms with E-state index in [0.29, 0.717) is 10.3 Å². The van der Waals surface area contributed by atoms with Crippen LogP contribution in [0, 0.1) is 15.3 Å². The van der Waals surface area contributed by atoms with Gasteiger partial charge in [0.1, 0.15) is 0 Å². The monoisotopic (exact) mass is 313 g/mol. The lowest BCUT2D eigenvalue weighted by atomic mass is 10.1. The van der Waals surface area contributed by atoms with Crippen molar-refractivity contribution >= 4 is 11.4 Å². The van der Waals surface area contributed by atoms with E-state index in [1.807, 2.05) is 0 Å². The van der Waals surface area contributed by atoms with Crippen molar-refractivity contribution in [2.45, 2.75) is 12.7 Å². The second-order valence-electron chi connectivity index (χ2n) is 4.41. The first kappa shape index (κ1) is 15.5. The molecule has 0 spiro atoms. The summed E-state index contributed by atoms with van der Waals surface area (Å²) in [5.41, 5.74) is -0.593. The Hall–Kier alpha value is -2.84. The van der Waals surface area contributed by atoms with Gasteiger partial charge in [-0.05, 0) is 17.7 Å². The Labute approximate surface area is 122 Å². The lowest BCUT2D eigenvalue weighted by Gasteiger charge is -2.09. The normalized spacial score (nSPS) is 11.2. The molecule has 22 heavy (non-hydrogen) atoms. The summed E-state index contributed by atoms with van der Waals surface area (Å²) in [4.78, 5) is 10.2. The maximum Gasteiger partial charge on any atom is 0.416 e. The van der Waals surface area contributed by atoms with Crippen LogP contribution in [0.2, 0.25) is 0 Å². The third-order valence-corrected chi connectivity index (χ3v) is 2.87. The number of nitrogens with one attached hydrogen (secondary N) is 1. The topological polar surface area (TPSA) is 82.1 Å². The maximum atomic E-state index is 12.4. The van der Waals surface area contributed by atoms with E-state index in [2.05, 4.69) is 5.32 Å². The van der Waals surface area contributed by atoms with Crippen LogP contribution in [0.5, 0.6) is 0 Å². The molecule has 2 rings (SSSR count). The van der Waals surface area contributed by atoms with Gasteiger partial charge in [-0.3, -0.25) is 10.1 Å². The average molecular weight is 313 g/mol. The summed E-state index contributed by atoms with van der Waals surface area (Å²) in [6, 6.07) is 5.40. The minimum Gasteiger partial charge on any atom is -0.619 e.